The first-order valence-electron chi connectivity index (χ1n) is 8.71. The normalized spacial score (nSPS) is 14.7. The third-order valence-corrected chi connectivity index (χ3v) is 3.85. The standard InChI is InChI=1S/C20H20N2O6/c1-13(23)22-15-6-4-5-14(9-15)20(25)27-12-19(24)21-10-16-11-26-17-7-2-3-8-18(17)28-16/h2-9,16H,10-12H2,1H3,(H,21,24)(H,22,23)/t16-/m0/s1. The number of anilines is 1. The first kappa shape index (κ1) is 19.2. The van der Waals surface area contributed by atoms with Crippen molar-refractivity contribution in [2.75, 3.05) is 25.1 Å². The molecular weight excluding hydrogens is 364 g/mol. The van der Waals surface area contributed by atoms with Crippen LogP contribution >= 0.6 is 0 Å². The first-order valence-corrected chi connectivity index (χ1v) is 8.71. The summed E-state index contributed by atoms with van der Waals surface area (Å²) in [6, 6.07) is 13.6. The fraction of sp³-hybridized carbons (Fsp3) is 0.250. The van der Waals surface area contributed by atoms with Gasteiger partial charge < -0.3 is 24.8 Å². The van der Waals surface area contributed by atoms with E-state index in [1.165, 1.54) is 19.1 Å². The Morgan fingerprint density at radius 3 is 2.68 bits per heavy atom. The average Bonchev–Trinajstić information content (AvgIpc) is 2.70. The van der Waals surface area contributed by atoms with Crippen LogP contribution in [-0.4, -0.2) is 43.6 Å². The first-order chi connectivity index (χ1) is 13.5. The summed E-state index contributed by atoms with van der Waals surface area (Å²) in [5, 5.41) is 5.23. The number of esters is 1. The van der Waals surface area contributed by atoms with E-state index in [1.807, 2.05) is 18.2 Å². The lowest BCUT2D eigenvalue weighted by Crippen LogP contribution is -2.42. The molecule has 0 fully saturated rings. The number of nitrogens with one attached hydrogen (secondary N) is 2. The highest BCUT2D eigenvalue weighted by molar-refractivity contribution is 5.94. The third kappa shape index (κ3) is 5.23. The van der Waals surface area contributed by atoms with Gasteiger partial charge in [-0.3, -0.25) is 9.59 Å². The minimum atomic E-state index is -0.659. The maximum Gasteiger partial charge on any atom is 0.338 e. The Labute approximate surface area is 161 Å². The number of hydrogen-bond acceptors (Lipinski definition) is 6. The second kappa shape index (κ2) is 8.90. The second-order valence-corrected chi connectivity index (χ2v) is 6.14. The molecule has 0 radical (unpaired) electrons. The molecule has 0 aromatic heterocycles. The fourth-order valence-electron chi connectivity index (χ4n) is 2.58. The van der Waals surface area contributed by atoms with Crippen LogP contribution in [0.25, 0.3) is 0 Å². The molecule has 8 heteroatoms. The molecule has 0 unspecified atom stereocenters. The summed E-state index contributed by atoms with van der Waals surface area (Å²) in [4.78, 5) is 35.1. The Balaban J connectivity index is 1.43. The van der Waals surface area contributed by atoms with E-state index < -0.39 is 18.5 Å². The van der Waals surface area contributed by atoms with Gasteiger partial charge in [-0.1, -0.05) is 18.2 Å². The molecular formula is C20H20N2O6. The molecule has 2 aromatic carbocycles. The van der Waals surface area contributed by atoms with Gasteiger partial charge in [-0.25, -0.2) is 4.79 Å². The van der Waals surface area contributed by atoms with Crippen molar-refractivity contribution in [3.63, 3.8) is 0 Å². The molecule has 1 aliphatic rings. The van der Waals surface area contributed by atoms with Crippen LogP contribution in [0.5, 0.6) is 11.5 Å². The molecule has 0 saturated heterocycles. The van der Waals surface area contributed by atoms with Crippen LogP contribution in [0.4, 0.5) is 5.69 Å². The van der Waals surface area contributed by atoms with Gasteiger partial charge in [-0.2, -0.15) is 0 Å². The summed E-state index contributed by atoms with van der Waals surface area (Å²) in [5.74, 6) is -0.0669. The number of amides is 2. The lowest BCUT2D eigenvalue weighted by Gasteiger charge is -2.26. The van der Waals surface area contributed by atoms with E-state index in [9.17, 15) is 14.4 Å². The maximum atomic E-state index is 12.1. The molecule has 0 bridgehead atoms. The topological polar surface area (TPSA) is 103 Å². The van der Waals surface area contributed by atoms with Gasteiger partial charge in [0.2, 0.25) is 5.91 Å². The van der Waals surface area contributed by atoms with Crippen molar-refractivity contribution in [3.05, 3.63) is 54.1 Å². The van der Waals surface area contributed by atoms with Gasteiger partial charge in [-0.05, 0) is 30.3 Å². The highest BCUT2D eigenvalue weighted by Gasteiger charge is 2.21. The summed E-state index contributed by atoms with van der Waals surface area (Å²) in [5.41, 5.74) is 0.709. The Kier molecular flexibility index (Phi) is 6.11. The largest absolute Gasteiger partial charge is 0.486 e. The summed E-state index contributed by atoms with van der Waals surface area (Å²) in [7, 11) is 0. The lowest BCUT2D eigenvalue weighted by atomic mass is 10.2. The third-order valence-electron chi connectivity index (χ3n) is 3.85. The Morgan fingerprint density at radius 2 is 1.89 bits per heavy atom. The van der Waals surface area contributed by atoms with Gasteiger partial charge in [0.1, 0.15) is 12.7 Å². The van der Waals surface area contributed by atoms with Crippen molar-refractivity contribution in [1.82, 2.24) is 5.32 Å². The minimum absolute atomic E-state index is 0.225. The molecule has 146 valence electrons. The zero-order chi connectivity index (χ0) is 19.9. The quantitative estimate of drug-likeness (QED) is 0.736. The van der Waals surface area contributed by atoms with Gasteiger partial charge in [0.05, 0.1) is 12.1 Å². The minimum Gasteiger partial charge on any atom is -0.486 e. The van der Waals surface area contributed by atoms with Gasteiger partial charge in [0.15, 0.2) is 18.1 Å². The van der Waals surface area contributed by atoms with Crippen LogP contribution in [0.2, 0.25) is 0 Å². The number of carbonyl (C=O) groups is 3. The van der Waals surface area contributed by atoms with Crippen molar-refractivity contribution in [3.8, 4) is 11.5 Å². The van der Waals surface area contributed by atoms with E-state index in [2.05, 4.69) is 10.6 Å². The van der Waals surface area contributed by atoms with Crippen molar-refractivity contribution in [2.45, 2.75) is 13.0 Å². The number of rotatable bonds is 6. The molecule has 28 heavy (non-hydrogen) atoms. The number of fused-ring (bicyclic) bond motifs is 1. The van der Waals surface area contributed by atoms with Crippen molar-refractivity contribution in [2.24, 2.45) is 0 Å². The van der Waals surface area contributed by atoms with Crippen LogP contribution in [-0.2, 0) is 14.3 Å². The Hall–Kier alpha value is -3.55. The van der Waals surface area contributed by atoms with Gasteiger partial charge in [0.25, 0.3) is 5.91 Å². The molecule has 3 rings (SSSR count). The predicted octanol–water partition coefficient (Wildman–Crippen LogP) is 1.76. The molecule has 2 aromatic rings. The molecule has 8 nitrogen and oxygen atoms in total. The number of para-hydroxylation sites is 2. The molecule has 0 spiro atoms. The lowest BCUT2D eigenvalue weighted by molar-refractivity contribution is -0.124. The van der Waals surface area contributed by atoms with E-state index in [1.54, 1.807) is 18.2 Å². The smallest absolute Gasteiger partial charge is 0.338 e. The maximum absolute atomic E-state index is 12.1. The van der Waals surface area contributed by atoms with Crippen LogP contribution in [0, 0.1) is 0 Å². The summed E-state index contributed by atoms with van der Waals surface area (Å²) in [6.45, 7) is 1.48. The summed E-state index contributed by atoms with van der Waals surface area (Å²) in [6.07, 6.45) is -0.330. The van der Waals surface area contributed by atoms with Crippen LogP contribution < -0.4 is 20.1 Å². The van der Waals surface area contributed by atoms with Crippen LogP contribution in [0.15, 0.2) is 48.5 Å². The van der Waals surface area contributed by atoms with Gasteiger partial charge >= 0.3 is 5.97 Å². The summed E-state index contributed by atoms with van der Waals surface area (Å²) < 4.78 is 16.3. The SMILES string of the molecule is CC(=O)Nc1cccc(C(=O)OCC(=O)NC[C@H]2COc3ccccc3O2)c1. The van der Waals surface area contributed by atoms with Gasteiger partial charge in [-0.15, -0.1) is 0 Å². The number of hydrogen-bond donors (Lipinski definition) is 2. The number of benzene rings is 2. The number of carbonyl (C=O) groups excluding carboxylic acids is 3. The number of ether oxygens (including phenoxy) is 3. The second-order valence-electron chi connectivity index (χ2n) is 6.14. The molecule has 2 amide bonds. The van der Waals surface area contributed by atoms with Crippen LogP contribution in [0.1, 0.15) is 17.3 Å². The molecule has 2 N–H and O–H groups in total. The molecule has 1 heterocycles. The monoisotopic (exact) mass is 384 g/mol. The van der Waals surface area contributed by atoms with Gasteiger partial charge in [0, 0.05) is 12.6 Å². The molecule has 0 saturated carbocycles. The van der Waals surface area contributed by atoms with E-state index in [0.717, 1.165) is 0 Å². The van der Waals surface area contributed by atoms with E-state index in [4.69, 9.17) is 14.2 Å². The molecule has 0 aliphatic carbocycles. The van der Waals surface area contributed by atoms with Crippen molar-refractivity contribution >= 4 is 23.5 Å². The zero-order valence-electron chi connectivity index (χ0n) is 15.3. The fourth-order valence-corrected chi connectivity index (χ4v) is 2.58. The molecule has 1 atom stereocenters. The van der Waals surface area contributed by atoms with E-state index >= 15 is 0 Å². The Morgan fingerprint density at radius 1 is 1.11 bits per heavy atom. The Bertz CT molecular complexity index is 883. The predicted molar refractivity (Wildman–Crippen MR) is 100 cm³/mol. The zero-order valence-corrected chi connectivity index (χ0v) is 15.3. The average molecular weight is 384 g/mol. The van der Waals surface area contributed by atoms with Crippen molar-refractivity contribution < 1.29 is 28.6 Å². The van der Waals surface area contributed by atoms with E-state index in [-0.39, 0.29) is 24.1 Å². The van der Waals surface area contributed by atoms with Crippen molar-refractivity contribution in [1.29, 1.82) is 0 Å². The highest BCUT2D eigenvalue weighted by Crippen LogP contribution is 2.30. The van der Waals surface area contributed by atoms with Crippen LogP contribution in [0.3, 0.4) is 0 Å². The van der Waals surface area contributed by atoms with E-state index in [0.29, 0.717) is 23.8 Å². The highest BCUT2D eigenvalue weighted by atomic mass is 16.6. The summed E-state index contributed by atoms with van der Waals surface area (Å²) >= 11 is 0. The molecule has 1 aliphatic heterocycles.